The van der Waals surface area contributed by atoms with Gasteiger partial charge in [0.25, 0.3) is 0 Å². The fourth-order valence-electron chi connectivity index (χ4n) is 1.87. The minimum atomic E-state index is -0.206. The summed E-state index contributed by atoms with van der Waals surface area (Å²) >= 11 is 0. The monoisotopic (exact) mass is 262 g/mol. The molecule has 1 aromatic rings. The summed E-state index contributed by atoms with van der Waals surface area (Å²) in [6.07, 6.45) is 0.441. The van der Waals surface area contributed by atoms with E-state index < -0.39 is 0 Å². The lowest BCUT2D eigenvalue weighted by Crippen LogP contribution is -2.33. The van der Waals surface area contributed by atoms with Crippen LogP contribution in [-0.2, 0) is 9.59 Å². The minimum absolute atomic E-state index is 0.0124. The van der Waals surface area contributed by atoms with Crippen LogP contribution in [0.25, 0.3) is 0 Å². The zero-order valence-corrected chi connectivity index (χ0v) is 12.0. The molecule has 0 bridgehead atoms. The van der Waals surface area contributed by atoms with E-state index in [2.05, 4.69) is 10.6 Å². The summed E-state index contributed by atoms with van der Waals surface area (Å²) in [7, 11) is 0. The largest absolute Gasteiger partial charge is 0.347 e. The molecule has 104 valence electrons. The second-order valence-corrected chi connectivity index (χ2v) is 5.30. The Morgan fingerprint density at radius 3 is 2.16 bits per heavy atom. The third-order valence-electron chi connectivity index (χ3n) is 2.55. The highest BCUT2D eigenvalue weighted by molar-refractivity contribution is 5.94. The Balaban J connectivity index is 2.45. The molecule has 1 aromatic carbocycles. The number of aryl methyl sites for hydroxylation is 2. The summed E-state index contributed by atoms with van der Waals surface area (Å²) in [4.78, 5) is 23.1. The van der Waals surface area contributed by atoms with Crippen LogP contribution in [0.3, 0.4) is 0 Å². The lowest BCUT2D eigenvalue weighted by Gasteiger charge is -2.09. The number of carbonyl (C=O) groups excluding carboxylic acids is 2. The van der Waals surface area contributed by atoms with Gasteiger partial charge < -0.3 is 10.6 Å². The van der Waals surface area contributed by atoms with Crippen molar-refractivity contribution in [2.45, 2.75) is 34.1 Å². The van der Waals surface area contributed by atoms with Crippen molar-refractivity contribution in [3.8, 4) is 0 Å². The average Bonchev–Trinajstić information content (AvgIpc) is 2.23. The lowest BCUT2D eigenvalue weighted by atomic mass is 10.1. The van der Waals surface area contributed by atoms with Crippen molar-refractivity contribution in [2.75, 3.05) is 11.9 Å². The zero-order chi connectivity index (χ0) is 14.4. The Morgan fingerprint density at radius 1 is 1.05 bits per heavy atom. The first-order valence-corrected chi connectivity index (χ1v) is 6.51. The van der Waals surface area contributed by atoms with E-state index in [-0.39, 0.29) is 18.4 Å². The standard InChI is InChI=1S/C15H22N2O2/c1-10(2)5-14(18)16-9-15(19)17-13-7-11(3)6-12(4)8-13/h6-8,10H,5,9H2,1-4H3,(H,16,18)(H,17,19). The summed E-state index contributed by atoms with van der Waals surface area (Å²) < 4.78 is 0. The third kappa shape index (κ3) is 6.04. The van der Waals surface area contributed by atoms with E-state index in [1.165, 1.54) is 0 Å². The van der Waals surface area contributed by atoms with Crippen LogP contribution in [0.15, 0.2) is 18.2 Å². The predicted molar refractivity (Wildman–Crippen MR) is 77.0 cm³/mol. The van der Waals surface area contributed by atoms with Gasteiger partial charge in [0, 0.05) is 12.1 Å². The molecule has 0 radical (unpaired) electrons. The first-order chi connectivity index (χ1) is 8.86. The van der Waals surface area contributed by atoms with Crippen molar-refractivity contribution < 1.29 is 9.59 Å². The molecule has 1 rings (SSSR count). The Morgan fingerprint density at radius 2 is 1.63 bits per heavy atom. The third-order valence-corrected chi connectivity index (χ3v) is 2.55. The van der Waals surface area contributed by atoms with Crippen LogP contribution in [0.5, 0.6) is 0 Å². The highest BCUT2D eigenvalue weighted by atomic mass is 16.2. The van der Waals surface area contributed by atoms with Gasteiger partial charge in [0.05, 0.1) is 6.54 Å². The number of carbonyl (C=O) groups is 2. The second-order valence-electron chi connectivity index (χ2n) is 5.30. The van der Waals surface area contributed by atoms with E-state index in [9.17, 15) is 9.59 Å². The molecular weight excluding hydrogens is 240 g/mol. The van der Waals surface area contributed by atoms with Gasteiger partial charge in [-0.05, 0) is 43.0 Å². The first-order valence-electron chi connectivity index (χ1n) is 6.51. The molecule has 0 saturated heterocycles. The second kappa shape index (κ2) is 6.92. The quantitative estimate of drug-likeness (QED) is 0.856. The average molecular weight is 262 g/mol. The molecule has 0 atom stereocenters. The van der Waals surface area contributed by atoms with Crippen molar-refractivity contribution in [2.24, 2.45) is 5.92 Å². The van der Waals surface area contributed by atoms with Gasteiger partial charge in [-0.25, -0.2) is 0 Å². The summed E-state index contributed by atoms with van der Waals surface area (Å²) in [6, 6.07) is 5.85. The molecule has 0 heterocycles. The van der Waals surface area contributed by atoms with Crippen molar-refractivity contribution >= 4 is 17.5 Å². The molecule has 0 aliphatic carbocycles. The van der Waals surface area contributed by atoms with Gasteiger partial charge >= 0.3 is 0 Å². The fraction of sp³-hybridized carbons (Fsp3) is 0.467. The van der Waals surface area contributed by atoms with Gasteiger partial charge in [0.2, 0.25) is 11.8 Å². The Kier molecular flexibility index (Phi) is 5.55. The van der Waals surface area contributed by atoms with Crippen molar-refractivity contribution in [3.63, 3.8) is 0 Å². The lowest BCUT2D eigenvalue weighted by molar-refractivity contribution is -0.124. The molecule has 0 aliphatic heterocycles. The highest BCUT2D eigenvalue weighted by Gasteiger charge is 2.07. The molecule has 19 heavy (non-hydrogen) atoms. The predicted octanol–water partition coefficient (Wildman–Crippen LogP) is 2.40. The molecular formula is C15H22N2O2. The van der Waals surface area contributed by atoms with Crippen molar-refractivity contribution in [3.05, 3.63) is 29.3 Å². The molecule has 0 aromatic heterocycles. The Labute approximate surface area is 114 Å². The molecule has 0 fully saturated rings. The molecule has 0 unspecified atom stereocenters. The number of rotatable bonds is 5. The molecule has 2 N–H and O–H groups in total. The molecule has 0 aliphatic rings. The summed E-state index contributed by atoms with van der Waals surface area (Å²) in [5.41, 5.74) is 2.96. The van der Waals surface area contributed by atoms with Gasteiger partial charge in [-0.2, -0.15) is 0 Å². The molecule has 2 amide bonds. The number of anilines is 1. The van der Waals surface area contributed by atoms with Gasteiger partial charge in [-0.15, -0.1) is 0 Å². The number of benzene rings is 1. The van der Waals surface area contributed by atoms with E-state index >= 15 is 0 Å². The van der Waals surface area contributed by atoms with Crippen LogP contribution in [0.4, 0.5) is 5.69 Å². The SMILES string of the molecule is Cc1cc(C)cc(NC(=O)CNC(=O)CC(C)C)c1. The van der Waals surface area contributed by atoms with Gasteiger partial charge in [0.15, 0.2) is 0 Å². The number of hydrogen-bond acceptors (Lipinski definition) is 2. The topological polar surface area (TPSA) is 58.2 Å². The highest BCUT2D eigenvalue weighted by Crippen LogP contribution is 2.13. The summed E-state index contributed by atoms with van der Waals surface area (Å²) in [6.45, 7) is 7.91. The first kappa shape index (κ1) is 15.2. The van der Waals surface area contributed by atoms with Crippen LogP contribution in [-0.4, -0.2) is 18.4 Å². The molecule has 0 saturated carbocycles. The normalized spacial score (nSPS) is 10.4. The van der Waals surface area contributed by atoms with E-state index in [4.69, 9.17) is 0 Å². The molecule has 0 spiro atoms. The van der Waals surface area contributed by atoms with Crippen LogP contribution < -0.4 is 10.6 Å². The van der Waals surface area contributed by atoms with E-state index in [0.29, 0.717) is 12.3 Å². The van der Waals surface area contributed by atoms with Gasteiger partial charge in [-0.3, -0.25) is 9.59 Å². The minimum Gasteiger partial charge on any atom is -0.347 e. The van der Waals surface area contributed by atoms with Crippen molar-refractivity contribution in [1.29, 1.82) is 0 Å². The number of nitrogens with one attached hydrogen (secondary N) is 2. The maximum absolute atomic E-state index is 11.7. The Hall–Kier alpha value is -1.84. The van der Waals surface area contributed by atoms with E-state index in [0.717, 1.165) is 16.8 Å². The van der Waals surface area contributed by atoms with E-state index in [1.807, 2.05) is 45.9 Å². The van der Waals surface area contributed by atoms with Crippen LogP contribution in [0.1, 0.15) is 31.4 Å². The van der Waals surface area contributed by atoms with Gasteiger partial charge in [0.1, 0.15) is 0 Å². The molecule has 4 nitrogen and oxygen atoms in total. The Bertz CT molecular complexity index is 447. The van der Waals surface area contributed by atoms with E-state index in [1.54, 1.807) is 0 Å². The maximum Gasteiger partial charge on any atom is 0.243 e. The summed E-state index contributed by atoms with van der Waals surface area (Å²) in [5, 5.41) is 5.39. The fourth-order valence-corrected chi connectivity index (χ4v) is 1.87. The summed E-state index contributed by atoms with van der Waals surface area (Å²) in [5.74, 6) is -0.00448. The van der Waals surface area contributed by atoms with Crippen LogP contribution in [0, 0.1) is 19.8 Å². The maximum atomic E-state index is 11.7. The molecule has 4 heteroatoms. The number of amides is 2. The zero-order valence-electron chi connectivity index (χ0n) is 12.0. The smallest absolute Gasteiger partial charge is 0.243 e. The number of hydrogen-bond donors (Lipinski definition) is 2. The van der Waals surface area contributed by atoms with Crippen molar-refractivity contribution in [1.82, 2.24) is 5.32 Å². The van der Waals surface area contributed by atoms with Crippen LogP contribution >= 0.6 is 0 Å². The van der Waals surface area contributed by atoms with Gasteiger partial charge in [-0.1, -0.05) is 19.9 Å². The van der Waals surface area contributed by atoms with Crippen LogP contribution in [0.2, 0.25) is 0 Å².